The Bertz CT molecular complexity index is 492. The van der Waals surface area contributed by atoms with Crippen LogP contribution in [0, 0.1) is 22.7 Å². The summed E-state index contributed by atoms with van der Waals surface area (Å²) >= 11 is 0. The van der Waals surface area contributed by atoms with Crippen molar-refractivity contribution in [1.82, 2.24) is 0 Å². The van der Waals surface area contributed by atoms with Crippen LogP contribution in [0.2, 0.25) is 0 Å². The maximum atomic E-state index is 10.3. The third kappa shape index (κ3) is 1.20. The van der Waals surface area contributed by atoms with Gasteiger partial charge in [0.2, 0.25) is 0 Å². The van der Waals surface area contributed by atoms with Crippen molar-refractivity contribution in [3.63, 3.8) is 0 Å². The Hall–Kier alpha value is -0.380. The normalized spacial score (nSPS) is 55.1. The summed E-state index contributed by atoms with van der Waals surface area (Å²) in [5.41, 5.74) is 2.27. The average molecular weight is 276 g/mol. The van der Waals surface area contributed by atoms with Gasteiger partial charge in [-0.3, -0.25) is 0 Å². The summed E-state index contributed by atoms with van der Waals surface area (Å²) in [7, 11) is 0. The van der Waals surface area contributed by atoms with E-state index in [2.05, 4.69) is 13.0 Å². The van der Waals surface area contributed by atoms with E-state index >= 15 is 0 Å². The van der Waals surface area contributed by atoms with Gasteiger partial charge in [-0.1, -0.05) is 18.6 Å². The van der Waals surface area contributed by atoms with Gasteiger partial charge in [0.05, 0.1) is 19.3 Å². The minimum atomic E-state index is -0.309. The number of rotatable bonds is 0. The molecule has 110 valence electrons. The zero-order valence-corrected chi connectivity index (χ0v) is 12.2. The first-order chi connectivity index (χ1) is 9.60. The summed E-state index contributed by atoms with van der Waals surface area (Å²) in [5, 5.41) is 10.3. The lowest BCUT2D eigenvalue weighted by atomic mass is 9.54. The Morgan fingerprint density at radius 3 is 2.80 bits per heavy atom. The molecule has 2 spiro atoms. The second-order valence-electron chi connectivity index (χ2n) is 7.93. The van der Waals surface area contributed by atoms with Gasteiger partial charge in [0.1, 0.15) is 0 Å². The first-order valence-electron chi connectivity index (χ1n) is 8.25. The van der Waals surface area contributed by atoms with Gasteiger partial charge < -0.3 is 14.6 Å². The Kier molecular flexibility index (Phi) is 2.14. The molecule has 1 aliphatic heterocycles. The summed E-state index contributed by atoms with van der Waals surface area (Å²) in [5.74, 6) is 0.979. The molecule has 0 bridgehead atoms. The molecular formula is C17H24O3. The minimum Gasteiger partial charge on any atom is -0.393 e. The zero-order chi connectivity index (χ0) is 13.6. The first-order valence-corrected chi connectivity index (χ1v) is 8.25. The number of allylic oxidation sites excluding steroid dienone is 1. The van der Waals surface area contributed by atoms with Gasteiger partial charge in [-0.25, -0.2) is 0 Å². The van der Waals surface area contributed by atoms with Crippen LogP contribution >= 0.6 is 0 Å². The van der Waals surface area contributed by atoms with Crippen molar-refractivity contribution in [2.75, 3.05) is 13.2 Å². The molecule has 4 fully saturated rings. The molecule has 3 heteroatoms. The van der Waals surface area contributed by atoms with Crippen LogP contribution in [0.5, 0.6) is 0 Å². The van der Waals surface area contributed by atoms with Crippen molar-refractivity contribution in [1.29, 1.82) is 0 Å². The number of aliphatic hydroxyl groups excluding tert-OH is 1. The van der Waals surface area contributed by atoms with E-state index in [9.17, 15) is 5.11 Å². The minimum absolute atomic E-state index is 0.0422. The maximum absolute atomic E-state index is 10.3. The molecule has 5 rings (SSSR count). The van der Waals surface area contributed by atoms with E-state index in [1.807, 2.05) is 0 Å². The Morgan fingerprint density at radius 1 is 1.25 bits per heavy atom. The van der Waals surface area contributed by atoms with Crippen LogP contribution in [0.1, 0.15) is 45.4 Å². The number of hydrogen-bond donors (Lipinski definition) is 1. The molecule has 0 radical (unpaired) electrons. The van der Waals surface area contributed by atoms with E-state index in [4.69, 9.17) is 9.47 Å². The third-order valence-electron chi connectivity index (χ3n) is 7.44. The van der Waals surface area contributed by atoms with Gasteiger partial charge in [-0.05, 0) is 48.3 Å². The predicted molar refractivity (Wildman–Crippen MR) is 73.9 cm³/mol. The van der Waals surface area contributed by atoms with Crippen LogP contribution in [-0.2, 0) is 9.47 Å². The molecule has 20 heavy (non-hydrogen) atoms. The largest absolute Gasteiger partial charge is 0.393 e. The van der Waals surface area contributed by atoms with Gasteiger partial charge in [0, 0.05) is 12.8 Å². The molecule has 3 saturated carbocycles. The van der Waals surface area contributed by atoms with E-state index in [-0.39, 0.29) is 11.9 Å². The lowest BCUT2D eigenvalue weighted by molar-refractivity contribution is -0.183. The molecule has 5 atom stereocenters. The lowest BCUT2D eigenvalue weighted by Gasteiger charge is -2.52. The highest BCUT2D eigenvalue weighted by molar-refractivity contribution is 5.36. The lowest BCUT2D eigenvalue weighted by Crippen LogP contribution is -2.47. The van der Waals surface area contributed by atoms with Crippen LogP contribution < -0.4 is 0 Å². The SMILES string of the molecule is C[C@]12CCC3(CC1=CC[C@H]1C[C@@H](O)[C@H]4C[C@@]142)OCCO3. The van der Waals surface area contributed by atoms with E-state index < -0.39 is 0 Å². The van der Waals surface area contributed by atoms with Gasteiger partial charge in [0.15, 0.2) is 5.79 Å². The quantitative estimate of drug-likeness (QED) is 0.691. The van der Waals surface area contributed by atoms with Gasteiger partial charge in [-0.2, -0.15) is 0 Å². The molecule has 5 aliphatic rings. The van der Waals surface area contributed by atoms with Crippen molar-refractivity contribution < 1.29 is 14.6 Å². The van der Waals surface area contributed by atoms with Crippen LogP contribution in [-0.4, -0.2) is 30.2 Å². The van der Waals surface area contributed by atoms with Crippen molar-refractivity contribution in [3.05, 3.63) is 11.6 Å². The van der Waals surface area contributed by atoms with E-state index in [0.717, 1.165) is 44.8 Å². The summed E-state index contributed by atoms with van der Waals surface area (Å²) < 4.78 is 11.9. The third-order valence-corrected chi connectivity index (χ3v) is 7.44. The second kappa shape index (κ2) is 3.50. The second-order valence-corrected chi connectivity index (χ2v) is 7.93. The highest BCUT2D eigenvalue weighted by atomic mass is 16.7. The fraction of sp³-hybridized carbons (Fsp3) is 0.882. The van der Waals surface area contributed by atoms with Gasteiger partial charge in [-0.15, -0.1) is 0 Å². The average Bonchev–Trinajstić information content (AvgIpc) is 2.93. The standard InChI is InChI=1S/C17H24O3/c1-15-4-5-16(19-6-7-20-16)9-12(15)3-2-11-8-14(18)13-10-17(11,13)15/h3,11,13-14,18H,2,4-10H2,1H3/t11-,13+,14+,15-,17+/m0/s1. The monoisotopic (exact) mass is 276 g/mol. The smallest absolute Gasteiger partial charge is 0.172 e. The molecule has 1 N–H and O–H groups in total. The predicted octanol–water partition coefficient (Wildman–Crippen LogP) is 2.64. The molecule has 0 amide bonds. The zero-order valence-electron chi connectivity index (χ0n) is 12.2. The molecule has 1 heterocycles. The van der Waals surface area contributed by atoms with E-state index in [1.54, 1.807) is 5.57 Å². The number of hydrogen-bond acceptors (Lipinski definition) is 3. The fourth-order valence-electron chi connectivity index (χ4n) is 6.34. The maximum Gasteiger partial charge on any atom is 0.172 e. The summed E-state index contributed by atoms with van der Waals surface area (Å²) in [6.07, 6.45) is 9.02. The molecule has 1 saturated heterocycles. The number of ether oxygens (including phenoxy) is 2. The van der Waals surface area contributed by atoms with Crippen molar-refractivity contribution >= 4 is 0 Å². The molecule has 4 aliphatic carbocycles. The summed E-state index contributed by atoms with van der Waals surface area (Å²) in [6.45, 7) is 3.96. The molecule has 0 aromatic heterocycles. The van der Waals surface area contributed by atoms with Gasteiger partial charge >= 0.3 is 0 Å². The highest BCUT2D eigenvalue weighted by Crippen LogP contribution is 2.80. The van der Waals surface area contributed by atoms with E-state index in [0.29, 0.717) is 16.7 Å². The molecule has 0 aromatic rings. The molecule has 3 nitrogen and oxygen atoms in total. The van der Waals surface area contributed by atoms with Crippen molar-refractivity contribution in [2.45, 2.75) is 57.3 Å². The Balaban J connectivity index is 1.53. The summed E-state index contributed by atoms with van der Waals surface area (Å²) in [4.78, 5) is 0. The fourth-order valence-corrected chi connectivity index (χ4v) is 6.34. The number of aliphatic hydroxyl groups is 1. The molecule has 0 unspecified atom stereocenters. The van der Waals surface area contributed by atoms with Gasteiger partial charge in [0.25, 0.3) is 0 Å². The Morgan fingerprint density at radius 2 is 2.05 bits per heavy atom. The van der Waals surface area contributed by atoms with Crippen molar-refractivity contribution in [3.8, 4) is 0 Å². The topological polar surface area (TPSA) is 38.7 Å². The first kappa shape index (κ1) is 12.2. The molecular weight excluding hydrogens is 252 g/mol. The Labute approximate surface area is 120 Å². The van der Waals surface area contributed by atoms with Crippen LogP contribution in [0.25, 0.3) is 0 Å². The highest BCUT2D eigenvalue weighted by Gasteiger charge is 2.75. The van der Waals surface area contributed by atoms with Crippen LogP contribution in [0.4, 0.5) is 0 Å². The molecule has 0 aromatic carbocycles. The van der Waals surface area contributed by atoms with Crippen molar-refractivity contribution in [2.24, 2.45) is 22.7 Å². The summed E-state index contributed by atoms with van der Waals surface area (Å²) in [6, 6.07) is 0. The van der Waals surface area contributed by atoms with E-state index in [1.165, 1.54) is 12.8 Å². The van der Waals surface area contributed by atoms with Crippen LogP contribution in [0.15, 0.2) is 11.6 Å². The number of fused-ring (bicyclic) bond motifs is 1. The van der Waals surface area contributed by atoms with Crippen LogP contribution in [0.3, 0.4) is 0 Å².